The molecule has 1 heterocycles. The molecule has 0 saturated heterocycles. The molecule has 0 fully saturated rings. The molecule has 0 amide bonds. The van der Waals surface area contributed by atoms with Crippen LogP contribution >= 0.6 is 27.3 Å². The molecule has 0 bridgehead atoms. The second-order valence-electron chi connectivity index (χ2n) is 2.28. The molecule has 1 atom stereocenters. The van der Waals surface area contributed by atoms with Gasteiger partial charge in [0, 0.05) is 0 Å². The standard InChI is InChI=1S/C7H10BrNOS/c8-7-3-5(4-11-7)6(10)1-2-9/h3-4,6,10H,1-2,9H2/t6-/m0/s1. The zero-order valence-electron chi connectivity index (χ0n) is 5.96. The Balaban J connectivity index is 2.60. The zero-order chi connectivity index (χ0) is 8.27. The third-order valence-electron chi connectivity index (χ3n) is 1.41. The van der Waals surface area contributed by atoms with E-state index in [9.17, 15) is 5.11 Å². The minimum atomic E-state index is -0.400. The van der Waals surface area contributed by atoms with Crippen molar-refractivity contribution in [3.63, 3.8) is 0 Å². The first-order valence-electron chi connectivity index (χ1n) is 3.36. The minimum absolute atomic E-state index is 0.400. The maximum Gasteiger partial charge on any atom is 0.0810 e. The van der Waals surface area contributed by atoms with Gasteiger partial charge in [-0.3, -0.25) is 0 Å². The van der Waals surface area contributed by atoms with Crippen molar-refractivity contribution in [3.05, 3.63) is 20.8 Å². The monoisotopic (exact) mass is 235 g/mol. The normalized spacial score (nSPS) is 13.4. The average molecular weight is 236 g/mol. The average Bonchev–Trinajstić information content (AvgIpc) is 2.36. The molecule has 0 aliphatic carbocycles. The Morgan fingerprint density at radius 2 is 2.45 bits per heavy atom. The van der Waals surface area contributed by atoms with Crippen LogP contribution < -0.4 is 5.73 Å². The van der Waals surface area contributed by atoms with E-state index in [1.54, 1.807) is 11.3 Å². The van der Waals surface area contributed by atoms with E-state index in [2.05, 4.69) is 15.9 Å². The maximum atomic E-state index is 9.44. The molecule has 0 radical (unpaired) electrons. The summed E-state index contributed by atoms with van der Waals surface area (Å²) in [6.07, 6.45) is 0.228. The molecular formula is C7H10BrNOS. The number of hydrogen-bond donors (Lipinski definition) is 2. The molecular weight excluding hydrogens is 226 g/mol. The van der Waals surface area contributed by atoms with E-state index in [4.69, 9.17) is 5.73 Å². The van der Waals surface area contributed by atoms with Crippen molar-refractivity contribution in [3.8, 4) is 0 Å². The van der Waals surface area contributed by atoms with Crippen molar-refractivity contribution in [2.45, 2.75) is 12.5 Å². The molecule has 1 aromatic rings. The van der Waals surface area contributed by atoms with Gasteiger partial charge in [-0.15, -0.1) is 11.3 Å². The van der Waals surface area contributed by atoms with Crippen LogP contribution in [0.15, 0.2) is 15.2 Å². The first kappa shape index (κ1) is 9.19. The Morgan fingerprint density at radius 1 is 1.73 bits per heavy atom. The largest absolute Gasteiger partial charge is 0.388 e. The summed E-state index contributed by atoms with van der Waals surface area (Å²) in [4.78, 5) is 0. The van der Waals surface area contributed by atoms with Crippen molar-refractivity contribution in [2.24, 2.45) is 5.73 Å². The smallest absolute Gasteiger partial charge is 0.0810 e. The van der Waals surface area contributed by atoms with Crippen LogP contribution in [0, 0.1) is 0 Å². The molecule has 1 aromatic heterocycles. The van der Waals surface area contributed by atoms with Crippen molar-refractivity contribution in [2.75, 3.05) is 6.54 Å². The molecule has 1 rings (SSSR count). The van der Waals surface area contributed by atoms with Crippen LogP contribution in [-0.2, 0) is 0 Å². The van der Waals surface area contributed by atoms with Gasteiger partial charge in [0.2, 0.25) is 0 Å². The second kappa shape index (κ2) is 4.21. The number of aliphatic hydroxyl groups is 1. The van der Waals surface area contributed by atoms with Gasteiger partial charge in [0.25, 0.3) is 0 Å². The maximum absolute atomic E-state index is 9.44. The minimum Gasteiger partial charge on any atom is -0.388 e. The highest BCUT2D eigenvalue weighted by Crippen LogP contribution is 2.26. The summed E-state index contributed by atoms with van der Waals surface area (Å²) in [5, 5.41) is 11.4. The van der Waals surface area contributed by atoms with E-state index < -0.39 is 6.10 Å². The quantitative estimate of drug-likeness (QED) is 0.841. The summed E-state index contributed by atoms with van der Waals surface area (Å²) < 4.78 is 1.04. The Hall–Kier alpha value is 0.100. The highest BCUT2D eigenvalue weighted by Gasteiger charge is 2.07. The van der Waals surface area contributed by atoms with Gasteiger partial charge in [-0.2, -0.15) is 0 Å². The Kier molecular flexibility index (Phi) is 3.51. The van der Waals surface area contributed by atoms with Gasteiger partial charge in [0.1, 0.15) is 0 Å². The van der Waals surface area contributed by atoms with Gasteiger partial charge < -0.3 is 10.8 Å². The fourth-order valence-electron chi connectivity index (χ4n) is 0.823. The van der Waals surface area contributed by atoms with E-state index in [1.165, 1.54) is 0 Å². The van der Waals surface area contributed by atoms with Crippen molar-refractivity contribution in [1.29, 1.82) is 0 Å². The number of halogens is 1. The fourth-order valence-corrected chi connectivity index (χ4v) is 2.05. The molecule has 0 saturated carbocycles. The van der Waals surface area contributed by atoms with Crippen LogP contribution in [0.5, 0.6) is 0 Å². The van der Waals surface area contributed by atoms with E-state index in [1.807, 2.05) is 11.4 Å². The molecule has 0 unspecified atom stereocenters. The van der Waals surface area contributed by atoms with Gasteiger partial charge in [-0.05, 0) is 45.9 Å². The number of thiophene rings is 1. The van der Waals surface area contributed by atoms with E-state index >= 15 is 0 Å². The molecule has 62 valence electrons. The van der Waals surface area contributed by atoms with Crippen LogP contribution in [0.1, 0.15) is 18.1 Å². The van der Waals surface area contributed by atoms with Crippen molar-refractivity contribution in [1.82, 2.24) is 0 Å². The van der Waals surface area contributed by atoms with Gasteiger partial charge >= 0.3 is 0 Å². The third-order valence-corrected chi connectivity index (χ3v) is 2.94. The van der Waals surface area contributed by atoms with E-state index in [0.29, 0.717) is 13.0 Å². The number of aliphatic hydroxyl groups excluding tert-OH is 1. The highest BCUT2D eigenvalue weighted by atomic mass is 79.9. The van der Waals surface area contributed by atoms with Crippen molar-refractivity contribution >= 4 is 27.3 Å². The molecule has 4 heteroatoms. The summed E-state index contributed by atoms with van der Waals surface area (Å²) in [5.74, 6) is 0. The SMILES string of the molecule is NCC[C@H](O)c1csc(Br)c1. The predicted octanol–water partition coefficient (Wildman–Crippen LogP) is 1.89. The molecule has 0 spiro atoms. The van der Waals surface area contributed by atoms with Gasteiger partial charge in [-0.1, -0.05) is 0 Å². The Morgan fingerprint density at radius 3 is 2.91 bits per heavy atom. The van der Waals surface area contributed by atoms with Crippen LogP contribution in [0.4, 0.5) is 0 Å². The van der Waals surface area contributed by atoms with E-state index in [0.717, 1.165) is 9.35 Å². The number of nitrogens with two attached hydrogens (primary N) is 1. The van der Waals surface area contributed by atoms with Crippen LogP contribution in [0.25, 0.3) is 0 Å². The molecule has 3 N–H and O–H groups in total. The second-order valence-corrected chi connectivity index (χ2v) is 4.57. The van der Waals surface area contributed by atoms with Crippen LogP contribution in [0.3, 0.4) is 0 Å². The molecule has 0 aromatic carbocycles. The van der Waals surface area contributed by atoms with Gasteiger partial charge in [-0.25, -0.2) is 0 Å². The van der Waals surface area contributed by atoms with Gasteiger partial charge in [0.15, 0.2) is 0 Å². The first-order chi connectivity index (χ1) is 5.24. The summed E-state index contributed by atoms with van der Waals surface area (Å²) in [7, 11) is 0. The molecule has 2 nitrogen and oxygen atoms in total. The lowest BCUT2D eigenvalue weighted by Gasteiger charge is -2.04. The molecule has 0 aliphatic rings. The van der Waals surface area contributed by atoms with Gasteiger partial charge in [0.05, 0.1) is 9.89 Å². The topological polar surface area (TPSA) is 46.2 Å². The number of hydrogen-bond acceptors (Lipinski definition) is 3. The predicted molar refractivity (Wildman–Crippen MR) is 50.7 cm³/mol. The van der Waals surface area contributed by atoms with Crippen LogP contribution in [-0.4, -0.2) is 11.7 Å². The Bertz CT molecular complexity index is 226. The zero-order valence-corrected chi connectivity index (χ0v) is 8.36. The summed E-state index contributed by atoms with van der Waals surface area (Å²) in [6, 6.07) is 1.92. The lowest BCUT2D eigenvalue weighted by atomic mass is 10.1. The third kappa shape index (κ3) is 2.56. The van der Waals surface area contributed by atoms with Crippen LogP contribution in [0.2, 0.25) is 0 Å². The summed E-state index contributed by atoms with van der Waals surface area (Å²) >= 11 is 4.90. The highest BCUT2D eigenvalue weighted by molar-refractivity contribution is 9.11. The Labute approximate surface area is 78.2 Å². The fraction of sp³-hybridized carbons (Fsp3) is 0.429. The molecule has 0 aliphatic heterocycles. The lowest BCUT2D eigenvalue weighted by molar-refractivity contribution is 0.171. The number of rotatable bonds is 3. The van der Waals surface area contributed by atoms with Crippen molar-refractivity contribution < 1.29 is 5.11 Å². The molecule has 11 heavy (non-hydrogen) atoms. The lowest BCUT2D eigenvalue weighted by Crippen LogP contribution is -2.05. The van der Waals surface area contributed by atoms with E-state index in [-0.39, 0.29) is 0 Å². The first-order valence-corrected chi connectivity index (χ1v) is 5.03. The summed E-state index contributed by atoms with van der Waals surface area (Å²) in [6.45, 7) is 0.522. The summed E-state index contributed by atoms with van der Waals surface area (Å²) in [5.41, 5.74) is 6.26.